The number of ether oxygens (including phenoxy) is 1. The van der Waals surface area contributed by atoms with Gasteiger partial charge in [0.1, 0.15) is 6.10 Å². The maximum absolute atomic E-state index is 13.4. The largest absolute Gasteiger partial charge is 0.481 e. The Kier molecular flexibility index (Phi) is 7.05. The molecule has 1 aliphatic carbocycles. The number of aliphatic carboxylic acids is 1. The molecule has 0 radical (unpaired) electrons. The Labute approximate surface area is 229 Å². The molecule has 1 saturated carbocycles. The van der Waals surface area contributed by atoms with E-state index in [1.165, 1.54) is 12.0 Å². The van der Waals surface area contributed by atoms with Crippen LogP contribution in [0.4, 0.5) is 0 Å². The lowest BCUT2D eigenvalue weighted by Crippen LogP contribution is -2.69. The van der Waals surface area contributed by atoms with E-state index in [1.807, 2.05) is 60.7 Å². The zero-order valence-corrected chi connectivity index (χ0v) is 23.5. The van der Waals surface area contributed by atoms with Crippen LogP contribution in [-0.2, 0) is 14.0 Å². The van der Waals surface area contributed by atoms with Gasteiger partial charge in [-0.25, -0.2) is 0 Å². The maximum atomic E-state index is 13.4. The molecule has 202 valence electrons. The number of nitrogens with zero attached hydrogens (tertiary/aromatic N) is 1. The highest BCUT2D eigenvalue weighted by molar-refractivity contribution is 6.99. The Bertz CT molecular complexity index is 1310. The second kappa shape index (κ2) is 10.2. The molecule has 1 aliphatic heterocycles. The fourth-order valence-electron chi connectivity index (χ4n) is 6.31. The van der Waals surface area contributed by atoms with Crippen LogP contribution in [0.3, 0.4) is 0 Å². The van der Waals surface area contributed by atoms with Crippen molar-refractivity contribution in [2.45, 2.75) is 50.5 Å². The highest BCUT2D eigenvalue weighted by atomic mass is 28.4. The van der Waals surface area contributed by atoms with Gasteiger partial charge in [0.25, 0.3) is 20.1 Å². The third-order valence-corrected chi connectivity index (χ3v) is 13.1. The molecule has 3 aromatic carbocycles. The van der Waals surface area contributed by atoms with Crippen molar-refractivity contribution < 1.29 is 28.7 Å². The van der Waals surface area contributed by atoms with E-state index >= 15 is 0 Å². The van der Waals surface area contributed by atoms with Gasteiger partial charge in [-0.05, 0) is 34.0 Å². The number of methoxy groups -OCH3 is 1. The van der Waals surface area contributed by atoms with Crippen LogP contribution in [-0.4, -0.2) is 61.5 Å². The van der Waals surface area contributed by atoms with Crippen LogP contribution in [0, 0.1) is 5.92 Å². The maximum Gasteiger partial charge on any atom is 0.309 e. The number of carboxylic acids is 1. The third kappa shape index (κ3) is 4.32. The average Bonchev–Trinajstić information content (AvgIpc) is 3.41. The zero-order chi connectivity index (χ0) is 27.9. The minimum absolute atomic E-state index is 0.0438. The number of hydrogen-bond donors (Lipinski definition) is 1. The lowest BCUT2D eigenvalue weighted by atomic mass is 10.1. The van der Waals surface area contributed by atoms with Crippen LogP contribution >= 0.6 is 0 Å². The van der Waals surface area contributed by atoms with Gasteiger partial charge in [-0.3, -0.25) is 19.3 Å². The number of carboxylic acid groups (broad SMARTS) is 1. The predicted molar refractivity (Wildman–Crippen MR) is 150 cm³/mol. The summed E-state index contributed by atoms with van der Waals surface area (Å²) in [7, 11) is -1.67. The molecule has 4 atom stereocenters. The predicted octanol–water partition coefficient (Wildman–Crippen LogP) is 3.72. The van der Waals surface area contributed by atoms with Gasteiger partial charge in [-0.15, -0.1) is 0 Å². The monoisotopic (exact) mass is 543 g/mol. The van der Waals surface area contributed by atoms with Crippen LogP contribution in [0.5, 0.6) is 0 Å². The van der Waals surface area contributed by atoms with Gasteiger partial charge in [-0.2, -0.15) is 0 Å². The molecule has 7 nitrogen and oxygen atoms in total. The number of hydrogen-bond acceptors (Lipinski definition) is 5. The quantitative estimate of drug-likeness (QED) is 0.361. The van der Waals surface area contributed by atoms with Crippen molar-refractivity contribution in [3.63, 3.8) is 0 Å². The molecular formula is C31H33NO6Si. The zero-order valence-electron chi connectivity index (χ0n) is 22.5. The number of rotatable bonds is 7. The first kappa shape index (κ1) is 27.0. The Morgan fingerprint density at radius 1 is 0.821 bits per heavy atom. The van der Waals surface area contributed by atoms with Crippen molar-refractivity contribution in [2.75, 3.05) is 7.11 Å². The summed E-state index contributed by atoms with van der Waals surface area (Å²) in [4.78, 5) is 40.7. The lowest BCUT2D eigenvalue weighted by Gasteiger charge is -2.46. The van der Waals surface area contributed by atoms with Crippen LogP contribution < -0.4 is 10.4 Å². The minimum atomic E-state index is -3.16. The molecule has 8 heteroatoms. The van der Waals surface area contributed by atoms with E-state index in [9.17, 15) is 19.5 Å². The number of carbonyl (C=O) groups excluding carboxylic acids is 2. The van der Waals surface area contributed by atoms with E-state index in [-0.39, 0.29) is 6.42 Å². The van der Waals surface area contributed by atoms with Gasteiger partial charge >= 0.3 is 5.97 Å². The van der Waals surface area contributed by atoms with Crippen molar-refractivity contribution in [1.29, 1.82) is 0 Å². The number of carbonyl (C=O) groups is 3. The first-order valence-electron chi connectivity index (χ1n) is 13.1. The molecule has 1 fully saturated rings. The van der Waals surface area contributed by atoms with Crippen LogP contribution in [0.25, 0.3) is 0 Å². The van der Waals surface area contributed by atoms with Gasteiger partial charge in [0.2, 0.25) is 0 Å². The molecule has 0 spiro atoms. The Balaban J connectivity index is 1.63. The molecule has 2 aliphatic rings. The molecule has 0 aromatic heterocycles. The Morgan fingerprint density at radius 3 is 1.69 bits per heavy atom. The van der Waals surface area contributed by atoms with E-state index in [1.54, 1.807) is 24.3 Å². The standard InChI is InChI=1S/C31H33NO6Si/c1-31(2,3)39(20-13-7-5-8-14-20,21-15-9-6-10-16-21)38-26-24(30(35)36)19-25(27(26)37-4)32-28(33)22-17-11-12-18-23(22)29(32)34/h5-18,24-27H,19H2,1-4H3,(H,35,36)/t24-,25+,26?,27-/m0/s1. The fraction of sp³-hybridized carbons (Fsp3) is 0.323. The molecule has 0 saturated heterocycles. The molecule has 0 bridgehead atoms. The fourth-order valence-corrected chi connectivity index (χ4v) is 11.0. The van der Waals surface area contributed by atoms with Crippen LogP contribution in [0.2, 0.25) is 5.04 Å². The van der Waals surface area contributed by atoms with E-state index in [4.69, 9.17) is 9.16 Å². The summed E-state index contributed by atoms with van der Waals surface area (Å²) in [5.41, 5.74) is 0.640. The Hall–Kier alpha value is -3.59. The van der Waals surface area contributed by atoms with E-state index < -0.39 is 55.3 Å². The third-order valence-electron chi connectivity index (χ3n) is 8.07. The first-order chi connectivity index (χ1) is 18.6. The lowest BCUT2D eigenvalue weighted by molar-refractivity contribution is -0.145. The highest BCUT2D eigenvalue weighted by Crippen LogP contribution is 2.44. The van der Waals surface area contributed by atoms with E-state index in [0.29, 0.717) is 11.1 Å². The molecule has 5 rings (SSSR count). The second-order valence-corrected chi connectivity index (χ2v) is 15.5. The number of imide groups is 1. The molecule has 3 aromatic rings. The summed E-state index contributed by atoms with van der Waals surface area (Å²) in [5, 5.41) is 12.0. The van der Waals surface area contributed by atoms with Crippen LogP contribution in [0.1, 0.15) is 47.9 Å². The minimum Gasteiger partial charge on any atom is -0.481 e. The van der Waals surface area contributed by atoms with Crippen molar-refractivity contribution in [1.82, 2.24) is 4.90 Å². The second-order valence-electron chi connectivity index (χ2n) is 11.2. The van der Waals surface area contributed by atoms with E-state index in [0.717, 1.165) is 10.4 Å². The van der Waals surface area contributed by atoms with Crippen LogP contribution in [0.15, 0.2) is 84.9 Å². The molecule has 39 heavy (non-hydrogen) atoms. The summed E-state index contributed by atoms with van der Waals surface area (Å²) in [6.45, 7) is 6.36. The molecule has 1 heterocycles. The van der Waals surface area contributed by atoms with Gasteiger partial charge in [0.05, 0.1) is 29.2 Å². The molecule has 1 unspecified atom stereocenters. The summed E-state index contributed by atoms with van der Waals surface area (Å²) in [5.74, 6) is -2.89. The van der Waals surface area contributed by atoms with Gasteiger partial charge in [0, 0.05) is 7.11 Å². The first-order valence-corrected chi connectivity index (χ1v) is 15.0. The topological polar surface area (TPSA) is 93.1 Å². The highest BCUT2D eigenvalue weighted by Gasteiger charge is 2.59. The van der Waals surface area contributed by atoms with Crippen molar-refractivity contribution >= 4 is 36.5 Å². The van der Waals surface area contributed by atoms with Crippen molar-refractivity contribution in [2.24, 2.45) is 5.92 Å². The van der Waals surface area contributed by atoms with Gasteiger partial charge in [-0.1, -0.05) is 93.6 Å². The summed E-state index contributed by atoms with van der Waals surface area (Å²) in [6.07, 6.45) is -1.68. The number of benzene rings is 3. The normalized spacial score (nSPS) is 23.2. The average molecular weight is 544 g/mol. The summed E-state index contributed by atoms with van der Waals surface area (Å²) < 4.78 is 13.2. The van der Waals surface area contributed by atoms with Crippen molar-refractivity contribution in [3.8, 4) is 0 Å². The Morgan fingerprint density at radius 2 is 1.28 bits per heavy atom. The molecular weight excluding hydrogens is 510 g/mol. The van der Waals surface area contributed by atoms with Gasteiger partial charge < -0.3 is 14.3 Å². The van der Waals surface area contributed by atoms with E-state index in [2.05, 4.69) is 20.8 Å². The number of amides is 2. The molecule has 2 amide bonds. The van der Waals surface area contributed by atoms with Crippen molar-refractivity contribution in [3.05, 3.63) is 96.1 Å². The SMILES string of the molecule is CO[C@@H]1C(O[Si](c2ccccc2)(c2ccccc2)C(C)(C)C)[C@@H](C(=O)O)C[C@H]1N1C(=O)c2ccccc2C1=O. The number of fused-ring (bicyclic) bond motifs is 1. The molecule has 1 N–H and O–H groups in total. The van der Waals surface area contributed by atoms with Gasteiger partial charge in [0.15, 0.2) is 0 Å². The summed E-state index contributed by atoms with van der Waals surface area (Å²) >= 11 is 0. The smallest absolute Gasteiger partial charge is 0.309 e. The summed E-state index contributed by atoms with van der Waals surface area (Å²) in [6, 6.07) is 25.8.